The largest absolute Gasteiger partial charge is 0.391 e. The topological polar surface area (TPSA) is 130 Å². The number of hydrogen-bond donors (Lipinski definition) is 4. The van der Waals surface area contributed by atoms with Gasteiger partial charge in [-0.25, -0.2) is 0 Å². The lowest BCUT2D eigenvalue weighted by Gasteiger charge is -2.29. The van der Waals surface area contributed by atoms with Crippen LogP contribution in [0.15, 0.2) is 10.6 Å². The summed E-state index contributed by atoms with van der Waals surface area (Å²) in [6.07, 6.45) is 4.62. The zero-order valence-electron chi connectivity index (χ0n) is 14.2. The summed E-state index contributed by atoms with van der Waals surface area (Å²) in [6.45, 7) is 0.0801. The number of aliphatic hydroxyl groups is 1. The van der Waals surface area contributed by atoms with E-state index < -0.39 is 6.10 Å². The van der Waals surface area contributed by atoms with Crippen LogP contribution in [0.4, 0.5) is 0 Å². The number of carbonyl (C=O) groups is 2. The van der Waals surface area contributed by atoms with Crippen molar-refractivity contribution >= 4 is 11.8 Å². The zero-order valence-corrected chi connectivity index (χ0v) is 14.2. The molecule has 1 atom stereocenters. The Morgan fingerprint density at radius 2 is 1.84 bits per heavy atom. The highest BCUT2D eigenvalue weighted by molar-refractivity contribution is 5.92. The maximum Gasteiger partial charge on any atom is 0.273 e. The molecule has 3 rings (SSSR count). The van der Waals surface area contributed by atoms with Crippen LogP contribution in [0.1, 0.15) is 67.1 Å². The third kappa shape index (κ3) is 5.02. The number of rotatable bonds is 7. The molecule has 2 amide bonds. The fraction of sp³-hybridized carbons (Fsp3) is 0.706. The van der Waals surface area contributed by atoms with Gasteiger partial charge in [-0.3, -0.25) is 9.59 Å². The summed E-state index contributed by atoms with van der Waals surface area (Å²) in [5.74, 6) is 0.858. The fourth-order valence-corrected chi connectivity index (χ4v) is 3.18. The van der Waals surface area contributed by atoms with Gasteiger partial charge in [-0.15, -0.1) is 0 Å². The highest BCUT2D eigenvalue weighted by Gasteiger charge is 2.30. The molecule has 2 aliphatic rings. The fourth-order valence-electron chi connectivity index (χ4n) is 3.18. The van der Waals surface area contributed by atoms with Gasteiger partial charge in [-0.05, 0) is 38.5 Å². The second-order valence-corrected chi connectivity index (χ2v) is 7.07. The second kappa shape index (κ2) is 7.97. The van der Waals surface area contributed by atoms with Gasteiger partial charge in [0.05, 0.1) is 12.5 Å². The van der Waals surface area contributed by atoms with Crippen molar-refractivity contribution in [2.75, 3.05) is 6.54 Å². The predicted octanol–water partition coefficient (Wildman–Crippen LogP) is 0.419. The Labute approximate surface area is 146 Å². The molecule has 0 saturated heterocycles. The molecule has 1 aromatic heterocycles. The normalized spacial score (nSPS) is 24.6. The average molecular weight is 350 g/mol. The minimum Gasteiger partial charge on any atom is -0.391 e. The molecular formula is C17H26N4O4. The highest BCUT2D eigenvalue weighted by Crippen LogP contribution is 2.40. The summed E-state index contributed by atoms with van der Waals surface area (Å²) >= 11 is 0. The van der Waals surface area contributed by atoms with Crippen LogP contribution < -0.4 is 16.4 Å². The van der Waals surface area contributed by atoms with E-state index in [9.17, 15) is 14.7 Å². The van der Waals surface area contributed by atoms with Crippen LogP contribution in [0.2, 0.25) is 0 Å². The Kier molecular flexibility index (Phi) is 5.70. The molecule has 25 heavy (non-hydrogen) atoms. The van der Waals surface area contributed by atoms with Gasteiger partial charge in [0.1, 0.15) is 5.76 Å². The molecule has 0 bridgehead atoms. The van der Waals surface area contributed by atoms with Crippen LogP contribution in [0.25, 0.3) is 0 Å². The Morgan fingerprint density at radius 3 is 2.44 bits per heavy atom. The molecule has 0 aromatic carbocycles. The summed E-state index contributed by atoms with van der Waals surface area (Å²) in [7, 11) is 0. The minimum absolute atomic E-state index is 0.0304. The molecule has 0 aliphatic heterocycles. The number of nitrogens with zero attached hydrogens (tertiary/aromatic N) is 1. The third-order valence-electron chi connectivity index (χ3n) is 4.86. The number of hydrogen-bond acceptors (Lipinski definition) is 6. The van der Waals surface area contributed by atoms with Gasteiger partial charge in [0.15, 0.2) is 5.69 Å². The van der Waals surface area contributed by atoms with Gasteiger partial charge in [0.25, 0.3) is 5.91 Å². The summed E-state index contributed by atoms with van der Waals surface area (Å²) in [6, 6.07) is 1.90. The lowest BCUT2D eigenvalue weighted by atomic mass is 9.91. The van der Waals surface area contributed by atoms with Crippen LogP contribution in [0.5, 0.6) is 0 Å². The Balaban J connectivity index is 1.39. The molecule has 5 N–H and O–H groups in total. The standard InChI is InChI=1S/C17H26N4O4/c18-9-13(22)7-16(23)19-11-3-5-12(6-4-11)20-17(24)14-8-15(25-21-14)10-1-2-10/h8,10-13,22H,1-7,9,18H2,(H,19,23)(H,20,24)/t11?,12?,13-/m1/s1. The molecule has 1 heterocycles. The first-order chi connectivity index (χ1) is 12.0. The maximum atomic E-state index is 12.2. The van der Waals surface area contributed by atoms with Crippen LogP contribution in [-0.4, -0.2) is 46.8 Å². The van der Waals surface area contributed by atoms with E-state index >= 15 is 0 Å². The molecule has 8 nitrogen and oxygen atoms in total. The predicted molar refractivity (Wildman–Crippen MR) is 89.8 cm³/mol. The van der Waals surface area contributed by atoms with E-state index in [4.69, 9.17) is 10.3 Å². The van der Waals surface area contributed by atoms with Crippen molar-refractivity contribution in [1.82, 2.24) is 15.8 Å². The SMILES string of the molecule is NC[C@H](O)CC(=O)NC1CCC(NC(=O)c2cc(C3CC3)on2)CC1. The lowest BCUT2D eigenvalue weighted by Crippen LogP contribution is -2.44. The number of aliphatic hydroxyl groups excluding tert-OH is 1. The number of amides is 2. The van der Waals surface area contributed by atoms with Crippen LogP contribution in [-0.2, 0) is 4.79 Å². The van der Waals surface area contributed by atoms with Gasteiger partial charge >= 0.3 is 0 Å². The molecule has 0 spiro atoms. The first-order valence-electron chi connectivity index (χ1n) is 9.00. The number of nitrogens with one attached hydrogen (secondary N) is 2. The maximum absolute atomic E-state index is 12.2. The van der Waals surface area contributed by atoms with Crippen molar-refractivity contribution in [2.45, 2.75) is 69.1 Å². The smallest absolute Gasteiger partial charge is 0.273 e. The quantitative estimate of drug-likeness (QED) is 0.564. The van der Waals surface area contributed by atoms with Crippen molar-refractivity contribution in [3.8, 4) is 0 Å². The summed E-state index contributed by atoms with van der Waals surface area (Å²) in [5.41, 5.74) is 5.65. The van der Waals surface area contributed by atoms with Crippen molar-refractivity contribution in [1.29, 1.82) is 0 Å². The molecule has 1 aromatic rings. The number of carbonyl (C=O) groups excluding carboxylic acids is 2. The third-order valence-corrected chi connectivity index (χ3v) is 4.86. The molecule has 0 unspecified atom stereocenters. The summed E-state index contributed by atoms with van der Waals surface area (Å²) < 4.78 is 5.21. The first kappa shape index (κ1) is 17.9. The van der Waals surface area contributed by atoms with Gasteiger partial charge in [0, 0.05) is 30.6 Å². The Hall–Kier alpha value is -1.93. The number of aromatic nitrogens is 1. The van der Waals surface area contributed by atoms with E-state index in [1.54, 1.807) is 6.07 Å². The monoisotopic (exact) mass is 350 g/mol. The van der Waals surface area contributed by atoms with E-state index in [1.165, 1.54) is 0 Å². The molecule has 0 radical (unpaired) electrons. The van der Waals surface area contributed by atoms with E-state index in [0.29, 0.717) is 11.6 Å². The summed E-state index contributed by atoms with van der Waals surface area (Å²) in [5, 5.41) is 19.2. The minimum atomic E-state index is -0.793. The molecule has 8 heteroatoms. The van der Waals surface area contributed by atoms with Crippen molar-refractivity contribution in [3.05, 3.63) is 17.5 Å². The van der Waals surface area contributed by atoms with E-state index in [-0.39, 0.29) is 36.9 Å². The van der Waals surface area contributed by atoms with Crippen LogP contribution >= 0.6 is 0 Å². The van der Waals surface area contributed by atoms with Crippen LogP contribution in [0, 0.1) is 0 Å². The molecule has 138 valence electrons. The van der Waals surface area contributed by atoms with E-state index in [2.05, 4.69) is 15.8 Å². The summed E-state index contributed by atoms with van der Waals surface area (Å²) in [4.78, 5) is 24.0. The molecule has 2 fully saturated rings. The molecule has 2 saturated carbocycles. The van der Waals surface area contributed by atoms with Crippen molar-refractivity contribution < 1.29 is 19.2 Å². The first-order valence-corrected chi connectivity index (χ1v) is 9.00. The van der Waals surface area contributed by atoms with Crippen molar-refractivity contribution in [3.63, 3.8) is 0 Å². The zero-order chi connectivity index (χ0) is 17.8. The molecular weight excluding hydrogens is 324 g/mol. The van der Waals surface area contributed by atoms with Gasteiger partial charge in [-0.2, -0.15) is 0 Å². The Bertz CT molecular complexity index is 606. The van der Waals surface area contributed by atoms with Gasteiger partial charge in [0.2, 0.25) is 5.91 Å². The average Bonchev–Trinajstić information content (AvgIpc) is 3.33. The van der Waals surface area contributed by atoms with Gasteiger partial charge in [-0.1, -0.05) is 5.16 Å². The number of nitrogens with two attached hydrogens (primary N) is 1. The van der Waals surface area contributed by atoms with Crippen LogP contribution in [0.3, 0.4) is 0 Å². The van der Waals surface area contributed by atoms with E-state index in [0.717, 1.165) is 44.3 Å². The van der Waals surface area contributed by atoms with E-state index in [1.807, 2.05) is 0 Å². The Morgan fingerprint density at radius 1 is 1.20 bits per heavy atom. The second-order valence-electron chi connectivity index (χ2n) is 7.07. The van der Waals surface area contributed by atoms with Crippen molar-refractivity contribution in [2.24, 2.45) is 5.73 Å². The highest BCUT2D eigenvalue weighted by atomic mass is 16.5. The molecule has 2 aliphatic carbocycles. The van der Waals surface area contributed by atoms with Gasteiger partial charge < -0.3 is 26.0 Å². The lowest BCUT2D eigenvalue weighted by molar-refractivity contribution is -0.123.